The number of hydrogen-bond acceptors (Lipinski definition) is 8. The summed E-state index contributed by atoms with van der Waals surface area (Å²) in [5, 5.41) is 27.0. The molecule has 34 heavy (non-hydrogen) atoms. The number of ether oxygens (including phenoxy) is 1. The van der Waals surface area contributed by atoms with Gasteiger partial charge in [0.25, 0.3) is 5.69 Å². The van der Waals surface area contributed by atoms with Crippen LogP contribution in [0.3, 0.4) is 0 Å². The first-order valence-electron chi connectivity index (χ1n) is 10.1. The van der Waals surface area contributed by atoms with Crippen LogP contribution in [0.5, 0.6) is 5.75 Å². The largest absolute Gasteiger partial charge is 0.545 e. The van der Waals surface area contributed by atoms with E-state index in [-0.39, 0.29) is 39.9 Å². The molecule has 0 saturated heterocycles. The number of nitrogens with zero attached hydrogens (tertiary/aromatic N) is 3. The standard InChI is InChI=1S/C22H17F2N3O7/c1-2-3-10-26-20(28)19-16(17(25-26)11-4-6-12(7-5-11)27(31)32)15-13(21(29)30)8-9-14(18(15)34-19)33-22(23)24/h4-9,22H,2-3,10H2,1H3,(H,29,30)/p-1. The number of rotatable bonds is 8. The number of nitro benzene ring substituents is 1. The van der Waals surface area contributed by atoms with Gasteiger partial charge in [-0.25, -0.2) is 4.68 Å². The van der Waals surface area contributed by atoms with Crippen LogP contribution in [-0.4, -0.2) is 27.3 Å². The number of carbonyl (C=O) groups excluding carboxylic acids is 1. The number of benzene rings is 2. The Balaban J connectivity index is 2.14. The first kappa shape index (κ1) is 22.8. The minimum Gasteiger partial charge on any atom is -0.545 e. The van der Waals surface area contributed by atoms with E-state index in [0.717, 1.165) is 23.2 Å². The van der Waals surface area contributed by atoms with Crippen LogP contribution in [0, 0.1) is 10.1 Å². The lowest BCUT2D eigenvalue weighted by Crippen LogP contribution is -2.24. The maximum absolute atomic E-state index is 13.1. The van der Waals surface area contributed by atoms with Gasteiger partial charge in [-0.1, -0.05) is 13.3 Å². The Morgan fingerprint density at radius 2 is 1.88 bits per heavy atom. The van der Waals surface area contributed by atoms with Gasteiger partial charge in [-0.15, -0.1) is 0 Å². The van der Waals surface area contributed by atoms with Crippen molar-refractivity contribution in [2.24, 2.45) is 0 Å². The Morgan fingerprint density at radius 3 is 2.47 bits per heavy atom. The minimum absolute atomic E-state index is 0.0551. The molecule has 2 heterocycles. The third-order valence-corrected chi connectivity index (χ3v) is 5.20. The number of carboxylic acid groups (broad SMARTS) is 1. The highest BCUT2D eigenvalue weighted by Crippen LogP contribution is 2.40. The summed E-state index contributed by atoms with van der Waals surface area (Å²) in [4.78, 5) is 35.4. The molecule has 0 aliphatic heterocycles. The van der Waals surface area contributed by atoms with Crippen molar-refractivity contribution in [3.63, 3.8) is 0 Å². The van der Waals surface area contributed by atoms with Crippen molar-refractivity contribution in [3.8, 4) is 17.0 Å². The van der Waals surface area contributed by atoms with Gasteiger partial charge in [0.05, 0.1) is 16.3 Å². The van der Waals surface area contributed by atoms with Crippen molar-refractivity contribution in [2.45, 2.75) is 32.9 Å². The van der Waals surface area contributed by atoms with Gasteiger partial charge in [0.15, 0.2) is 11.3 Å². The smallest absolute Gasteiger partial charge is 0.387 e. The topological polar surface area (TPSA) is 141 Å². The van der Waals surface area contributed by atoms with Gasteiger partial charge in [0.2, 0.25) is 5.58 Å². The summed E-state index contributed by atoms with van der Waals surface area (Å²) < 4.78 is 37.1. The number of aromatic carboxylic acids is 1. The highest BCUT2D eigenvalue weighted by Gasteiger charge is 2.25. The number of halogens is 2. The minimum atomic E-state index is -3.24. The molecule has 176 valence electrons. The van der Waals surface area contributed by atoms with Gasteiger partial charge in [-0.05, 0) is 30.7 Å². The van der Waals surface area contributed by atoms with Crippen molar-refractivity contribution in [2.75, 3.05) is 0 Å². The molecule has 0 unspecified atom stereocenters. The number of unbranched alkanes of at least 4 members (excludes halogenated alkanes) is 1. The molecule has 4 aromatic rings. The van der Waals surface area contributed by atoms with E-state index >= 15 is 0 Å². The molecule has 0 aliphatic rings. The number of aromatic nitrogens is 2. The number of fused-ring (bicyclic) bond motifs is 3. The average Bonchev–Trinajstić information content (AvgIpc) is 3.20. The number of carbonyl (C=O) groups is 1. The Morgan fingerprint density at radius 1 is 1.18 bits per heavy atom. The zero-order valence-electron chi connectivity index (χ0n) is 17.6. The maximum Gasteiger partial charge on any atom is 0.387 e. The predicted octanol–water partition coefficient (Wildman–Crippen LogP) is 3.48. The van der Waals surface area contributed by atoms with Crippen LogP contribution in [0.15, 0.2) is 45.6 Å². The molecule has 0 fully saturated rings. The average molecular weight is 472 g/mol. The van der Waals surface area contributed by atoms with Crippen molar-refractivity contribution in [1.82, 2.24) is 9.78 Å². The quantitative estimate of drug-likeness (QED) is 0.280. The fraction of sp³-hybridized carbons (Fsp3) is 0.227. The van der Waals surface area contributed by atoms with E-state index in [1.165, 1.54) is 24.3 Å². The zero-order chi connectivity index (χ0) is 24.6. The van der Waals surface area contributed by atoms with Crippen LogP contribution in [0.2, 0.25) is 0 Å². The summed E-state index contributed by atoms with van der Waals surface area (Å²) in [7, 11) is 0. The number of nitro groups is 1. The van der Waals surface area contributed by atoms with E-state index < -0.39 is 34.4 Å². The lowest BCUT2D eigenvalue weighted by Gasteiger charge is -2.11. The van der Waals surface area contributed by atoms with Gasteiger partial charge in [-0.3, -0.25) is 14.9 Å². The summed E-state index contributed by atoms with van der Waals surface area (Å²) in [6.07, 6.45) is 1.32. The predicted molar refractivity (Wildman–Crippen MR) is 114 cm³/mol. The van der Waals surface area contributed by atoms with Crippen LogP contribution >= 0.6 is 0 Å². The van der Waals surface area contributed by atoms with Crippen molar-refractivity contribution in [1.29, 1.82) is 0 Å². The van der Waals surface area contributed by atoms with Crippen molar-refractivity contribution in [3.05, 3.63) is 62.4 Å². The molecule has 2 aromatic carbocycles. The molecular weight excluding hydrogens is 456 g/mol. The summed E-state index contributed by atoms with van der Waals surface area (Å²) >= 11 is 0. The van der Waals surface area contributed by atoms with Crippen molar-refractivity contribution >= 4 is 33.6 Å². The molecule has 10 nitrogen and oxygen atoms in total. The monoisotopic (exact) mass is 472 g/mol. The lowest BCUT2D eigenvalue weighted by atomic mass is 10.0. The van der Waals surface area contributed by atoms with E-state index in [4.69, 9.17) is 4.42 Å². The van der Waals surface area contributed by atoms with E-state index in [2.05, 4.69) is 9.84 Å². The van der Waals surface area contributed by atoms with Gasteiger partial charge in [-0.2, -0.15) is 13.9 Å². The fourth-order valence-electron chi connectivity index (χ4n) is 3.65. The molecule has 0 spiro atoms. The Kier molecular flexibility index (Phi) is 5.97. The second kappa shape index (κ2) is 8.89. The molecule has 12 heteroatoms. The number of alkyl halides is 2. The molecular formula is C22H16F2N3O7-. The molecule has 2 aromatic heterocycles. The number of aryl methyl sites for hydroxylation is 1. The van der Waals surface area contributed by atoms with Crippen LogP contribution in [0.25, 0.3) is 33.2 Å². The van der Waals surface area contributed by atoms with E-state index in [0.29, 0.717) is 12.0 Å². The van der Waals surface area contributed by atoms with Crippen LogP contribution in [0.4, 0.5) is 14.5 Å². The summed E-state index contributed by atoms with van der Waals surface area (Å²) in [5.41, 5.74) is -1.62. The highest BCUT2D eigenvalue weighted by atomic mass is 19.3. The van der Waals surface area contributed by atoms with Crippen LogP contribution < -0.4 is 15.4 Å². The molecule has 0 aliphatic carbocycles. The maximum atomic E-state index is 13.1. The van der Waals surface area contributed by atoms with E-state index in [9.17, 15) is 33.6 Å². The first-order valence-corrected chi connectivity index (χ1v) is 10.1. The number of non-ortho nitro benzene ring substituents is 1. The second-order valence-corrected chi connectivity index (χ2v) is 7.32. The van der Waals surface area contributed by atoms with Crippen LogP contribution in [-0.2, 0) is 6.54 Å². The summed E-state index contributed by atoms with van der Waals surface area (Å²) in [6.45, 7) is -1.13. The summed E-state index contributed by atoms with van der Waals surface area (Å²) in [6, 6.07) is 7.19. The first-order chi connectivity index (χ1) is 16.2. The number of furan rings is 1. The normalized spacial score (nSPS) is 11.4. The fourth-order valence-corrected chi connectivity index (χ4v) is 3.65. The molecule has 0 bridgehead atoms. The molecule has 0 N–H and O–H groups in total. The van der Waals surface area contributed by atoms with Gasteiger partial charge in [0.1, 0.15) is 5.69 Å². The SMILES string of the molecule is CCCCn1nc(-c2ccc([N+](=O)[O-])cc2)c2c(oc3c(OC(F)F)ccc(C(=O)[O-])c32)c1=O. The molecule has 0 atom stereocenters. The Bertz CT molecular complexity index is 1480. The zero-order valence-corrected chi connectivity index (χ0v) is 17.6. The molecule has 4 rings (SSSR count). The third-order valence-electron chi connectivity index (χ3n) is 5.20. The van der Waals surface area contributed by atoms with Gasteiger partial charge >= 0.3 is 12.2 Å². The van der Waals surface area contributed by atoms with E-state index in [1.54, 1.807) is 0 Å². The lowest BCUT2D eigenvalue weighted by molar-refractivity contribution is -0.384. The van der Waals surface area contributed by atoms with Gasteiger partial charge < -0.3 is 19.1 Å². The Labute approximate surface area is 189 Å². The molecule has 0 radical (unpaired) electrons. The third kappa shape index (κ3) is 3.93. The van der Waals surface area contributed by atoms with Gasteiger partial charge in [0, 0.05) is 35.2 Å². The second-order valence-electron chi connectivity index (χ2n) is 7.32. The molecule has 0 amide bonds. The number of carboxylic acids is 1. The van der Waals surface area contributed by atoms with Crippen molar-refractivity contribution < 1.29 is 32.8 Å². The Hall–Kier alpha value is -4.35. The number of hydrogen-bond donors (Lipinski definition) is 0. The van der Waals surface area contributed by atoms with Crippen LogP contribution in [0.1, 0.15) is 30.1 Å². The highest BCUT2D eigenvalue weighted by molar-refractivity contribution is 6.19. The van der Waals surface area contributed by atoms with E-state index in [1.807, 2.05) is 6.92 Å². The molecule has 0 saturated carbocycles. The summed E-state index contributed by atoms with van der Waals surface area (Å²) in [5.74, 6) is -2.11.